The lowest BCUT2D eigenvalue weighted by Crippen LogP contribution is -2.51. The summed E-state index contributed by atoms with van der Waals surface area (Å²) in [5.41, 5.74) is 0.570. The molecule has 6 rings (SSSR count). The summed E-state index contributed by atoms with van der Waals surface area (Å²) in [5, 5.41) is 3.17. The molecule has 1 amide bonds. The lowest BCUT2D eigenvalue weighted by molar-refractivity contribution is -0.114. The number of fused-ring (bicyclic) bond motifs is 1. The van der Waals surface area contributed by atoms with Crippen LogP contribution in [0.4, 0.5) is 5.69 Å². The first-order valence-corrected chi connectivity index (χ1v) is 9.55. The Morgan fingerprint density at radius 1 is 1.08 bits per heavy atom. The summed E-state index contributed by atoms with van der Waals surface area (Å²) in [4.78, 5) is 40.2. The van der Waals surface area contributed by atoms with Crippen molar-refractivity contribution in [2.45, 2.75) is 45.1 Å². The predicted octanol–water partition coefficient (Wildman–Crippen LogP) is 2.65. The predicted molar refractivity (Wildman–Crippen MR) is 99.2 cm³/mol. The number of carbonyl (C=O) groups is 1. The molecule has 4 aliphatic carbocycles. The number of nitrogens with one attached hydrogen (secondary N) is 2. The van der Waals surface area contributed by atoms with Crippen molar-refractivity contribution in [3.63, 3.8) is 0 Å². The van der Waals surface area contributed by atoms with Crippen molar-refractivity contribution in [1.82, 2.24) is 9.55 Å². The highest BCUT2D eigenvalue weighted by Crippen LogP contribution is 2.57. The van der Waals surface area contributed by atoms with Crippen molar-refractivity contribution in [3.8, 4) is 0 Å². The van der Waals surface area contributed by atoms with Gasteiger partial charge in [0.15, 0.2) is 0 Å². The van der Waals surface area contributed by atoms with E-state index >= 15 is 0 Å². The summed E-state index contributed by atoms with van der Waals surface area (Å²) in [6, 6.07) is 5.08. The van der Waals surface area contributed by atoms with E-state index < -0.39 is 0 Å². The fraction of sp³-hybridized carbons (Fsp3) is 0.550. The number of anilines is 1. The van der Waals surface area contributed by atoms with Crippen LogP contribution in [0.5, 0.6) is 0 Å². The van der Waals surface area contributed by atoms with Gasteiger partial charge in [0.2, 0.25) is 5.91 Å². The first kappa shape index (κ1) is 15.9. The van der Waals surface area contributed by atoms with Gasteiger partial charge >= 0.3 is 5.69 Å². The molecule has 1 aromatic carbocycles. The number of hydrogen-bond acceptors (Lipinski definition) is 3. The van der Waals surface area contributed by atoms with Gasteiger partial charge in [0.05, 0.1) is 10.9 Å². The number of aromatic nitrogens is 2. The molecule has 136 valence electrons. The zero-order valence-corrected chi connectivity index (χ0v) is 14.8. The lowest BCUT2D eigenvalue weighted by Gasteiger charge is -2.54. The Bertz CT molecular complexity index is 991. The minimum absolute atomic E-state index is 0.0212. The van der Waals surface area contributed by atoms with Gasteiger partial charge in [-0.3, -0.25) is 14.2 Å². The summed E-state index contributed by atoms with van der Waals surface area (Å²) in [5.74, 6) is 2.28. The molecule has 4 fully saturated rings. The third-order valence-electron chi connectivity index (χ3n) is 6.72. The molecule has 26 heavy (non-hydrogen) atoms. The fourth-order valence-corrected chi connectivity index (χ4v) is 6.10. The summed E-state index contributed by atoms with van der Waals surface area (Å²) < 4.78 is 1.49. The quantitative estimate of drug-likeness (QED) is 0.870. The minimum atomic E-state index is -0.299. The number of amides is 1. The highest BCUT2D eigenvalue weighted by atomic mass is 16.2. The monoisotopic (exact) mass is 353 g/mol. The topological polar surface area (TPSA) is 84.0 Å². The molecule has 0 atom stereocenters. The second-order valence-electron chi connectivity index (χ2n) is 8.47. The van der Waals surface area contributed by atoms with Crippen molar-refractivity contribution in [2.75, 3.05) is 5.32 Å². The molecular formula is C20H23N3O3. The minimum Gasteiger partial charge on any atom is -0.326 e. The van der Waals surface area contributed by atoms with Gasteiger partial charge in [0.25, 0.3) is 5.56 Å². The Morgan fingerprint density at radius 2 is 1.73 bits per heavy atom. The molecule has 4 saturated carbocycles. The van der Waals surface area contributed by atoms with Crippen molar-refractivity contribution >= 4 is 22.5 Å². The first-order chi connectivity index (χ1) is 12.5. The maximum Gasteiger partial charge on any atom is 0.329 e. The molecular weight excluding hydrogens is 330 g/mol. The van der Waals surface area contributed by atoms with Gasteiger partial charge in [-0.15, -0.1) is 0 Å². The molecule has 6 nitrogen and oxygen atoms in total. The number of H-pyrrole nitrogens is 1. The molecule has 2 N–H and O–H groups in total. The van der Waals surface area contributed by atoms with E-state index in [0.29, 0.717) is 28.4 Å². The average molecular weight is 353 g/mol. The van der Waals surface area contributed by atoms with Crippen LogP contribution in [0.2, 0.25) is 0 Å². The maximum atomic E-state index is 13.2. The van der Waals surface area contributed by atoms with Crippen LogP contribution in [0.25, 0.3) is 10.9 Å². The van der Waals surface area contributed by atoms with Gasteiger partial charge in [-0.2, -0.15) is 0 Å². The number of aromatic amines is 1. The van der Waals surface area contributed by atoms with Gasteiger partial charge in [-0.25, -0.2) is 4.79 Å². The third-order valence-corrected chi connectivity index (χ3v) is 6.72. The normalized spacial score (nSPS) is 32.1. The molecule has 1 aromatic heterocycles. The highest BCUT2D eigenvalue weighted by Gasteiger charge is 2.49. The van der Waals surface area contributed by atoms with E-state index in [-0.39, 0.29) is 23.2 Å². The van der Waals surface area contributed by atoms with E-state index in [1.165, 1.54) is 17.9 Å². The van der Waals surface area contributed by atoms with Crippen LogP contribution in [0.15, 0.2) is 27.8 Å². The molecule has 6 heteroatoms. The van der Waals surface area contributed by atoms with Gasteiger partial charge in [-0.05, 0) is 74.0 Å². The van der Waals surface area contributed by atoms with Crippen molar-refractivity contribution in [2.24, 2.45) is 23.7 Å². The first-order valence-electron chi connectivity index (χ1n) is 9.55. The van der Waals surface area contributed by atoms with Gasteiger partial charge < -0.3 is 10.3 Å². The molecule has 4 bridgehead atoms. The van der Waals surface area contributed by atoms with Gasteiger partial charge in [0, 0.05) is 18.7 Å². The smallest absolute Gasteiger partial charge is 0.326 e. The number of rotatable bonds is 2. The summed E-state index contributed by atoms with van der Waals surface area (Å²) in [6.45, 7) is 1.43. The molecule has 0 spiro atoms. The average Bonchev–Trinajstić information content (AvgIpc) is 2.56. The largest absolute Gasteiger partial charge is 0.329 e. The molecule has 0 radical (unpaired) electrons. The van der Waals surface area contributed by atoms with E-state index in [9.17, 15) is 14.4 Å². The number of nitrogens with zero attached hydrogens (tertiary/aromatic N) is 1. The second-order valence-corrected chi connectivity index (χ2v) is 8.47. The van der Waals surface area contributed by atoms with E-state index in [0.717, 1.165) is 37.5 Å². The molecule has 4 aliphatic rings. The van der Waals surface area contributed by atoms with Crippen molar-refractivity contribution < 1.29 is 4.79 Å². The number of benzene rings is 1. The summed E-state index contributed by atoms with van der Waals surface area (Å²) in [7, 11) is 0. The summed E-state index contributed by atoms with van der Waals surface area (Å²) in [6.07, 6.45) is 5.92. The third kappa shape index (κ3) is 2.35. The molecule has 2 aromatic rings. The maximum absolute atomic E-state index is 13.2. The van der Waals surface area contributed by atoms with Gasteiger partial charge in [-0.1, -0.05) is 0 Å². The van der Waals surface area contributed by atoms with E-state index in [2.05, 4.69) is 10.3 Å². The van der Waals surface area contributed by atoms with Crippen LogP contribution in [0.1, 0.15) is 45.1 Å². The van der Waals surface area contributed by atoms with Gasteiger partial charge in [0.1, 0.15) is 0 Å². The standard InChI is InChI=1S/C20H23N3O3/c1-10(24)21-15-2-3-17-16(9-15)19(25)23(20(26)22-17)18-13-5-11-4-12(7-13)8-14(18)6-11/h2-3,9,11-14,18H,4-8H2,1H3,(H,21,24)(H,22,26)/t11-,12-,13-,14+,18?. The van der Waals surface area contributed by atoms with Crippen LogP contribution >= 0.6 is 0 Å². The van der Waals surface area contributed by atoms with Crippen LogP contribution < -0.4 is 16.6 Å². The van der Waals surface area contributed by atoms with Crippen molar-refractivity contribution in [3.05, 3.63) is 39.0 Å². The van der Waals surface area contributed by atoms with Crippen LogP contribution in [-0.2, 0) is 4.79 Å². The van der Waals surface area contributed by atoms with Crippen LogP contribution in [0.3, 0.4) is 0 Å². The zero-order chi connectivity index (χ0) is 18.0. The van der Waals surface area contributed by atoms with Crippen molar-refractivity contribution in [1.29, 1.82) is 0 Å². The van der Waals surface area contributed by atoms with E-state index in [1.807, 2.05) is 0 Å². The molecule has 0 unspecified atom stereocenters. The summed E-state index contributed by atoms with van der Waals surface area (Å²) >= 11 is 0. The lowest BCUT2D eigenvalue weighted by atomic mass is 9.54. The van der Waals surface area contributed by atoms with E-state index in [4.69, 9.17) is 0 Å². The molecule has 0 saturated heterocycles. The fourth-order valence-electron chi connectivity index (χ4n) is 6.10. The SMILES string of the molecule is CC(=O)Nc1ccc2[nH]c(=O)n(C3[C@H]4C[C@H]5C[C@H](C4)C[C@H]3C5)c(=O)c2c1. The Balaban J connectivity index is 1.64. The number of hydrogen-bond donors (Lipinski definition) is 2. The highest BCUT2D eigenvalue weighted by molar-refractivity contribution is 5.91. The zero-order valence-electron chi connectivity index (χ0n) is 14.8. The second kappa shape index (κ2) is 5.56. The Morgan fingerprint density at radius 3 is 2.35 bits per heavy atom. The van der Waals surface area contributed by atoms with Crippen LogP contribution in [0, 0.1) is 23.7 Å². The molecule has 1 heterocycles. The van der Waals surface area contributed by atoms with Crippen LogP contribution in [-0.4, -0.2) is 15.5 Å². The Hall–Kier alpha value is -2.37. The molecule has 0 aliphatic heterocycles. The number of carbonyl (C=O) groups excluding carboxylic acids is 1. The Labute approximate surface area is 150 Å². The Kier molecular flexibility index (Phi) is 3.39. The van der Waals surface area contributed by atoms with E-state index in [1.54, 1.807) is 18.2 Å².